The van der Waals surface area contributed by atoms with Crippen molar-refractivity contribution in [2.24, 2.45) is 47.2 Å². The number of carboxylic acids is 1. The highest BCUT2D eigenvalue weighted by molar-refractivity contribution is 5.98. The van der Waals surface area contributed by atoms with Crippen molar-refractivity contribution >= 4 is 59.1 Å². The number of carboxylic acid groups (broad SMARTS) is 1. The maximum atomic E-state index is 14.0. The molecule has 0 radical (unpaired) electrons. The van der Waals surface area contributed by atoms with E-state index in [1.54, 1.807) is 69.2 Å². The lowest BCUT2D eigenvalue weighted by molar-refractivity contribution is -0.145. The number of carbonyl (C=O) groups is 10. The highest BCUT2D eigenvalue weighted by Gasteiger charge is 2.41. The van der Waals surface area contributed by atoms with E-state index in [0.29, 0.717) is 25.7 Å². The fourth-order valence-corrected chi connectivity index (χ4v) is 7.98. The van der Waals surface area contributed by atoms with Crippen molar-refractivity contribution in [2.45, 2.75) is 196 Å². The van der Waals surface area contributed by atoms with Crippen molar-refractivity contribution in [3.63, 3.8) is 0 Å². The van der Waals surface area contributed by atoms with E-state index in [4.69, 9.17) is 5.73 Å². The molecule has 1 rings (SSSR count). The minimum absolute atomic E-state index is 0.0143. The van der Waals surface area contributed by atoms with Gasteiger partial charge in [0.1, 0.15) is 54.4 Å². The Morgan fingerprint density at radius 1 is 0.521 bits per heavy atom. The lowest BCUT2D eigenvalue weighted by atomic mass is 9.95. The average Bonchev–Trinajstić information content (AvgIpc) is 3.77. The Hall–Kier alpha value is -5.38. The SMILES string of the molecule is CC[C@H](C)[C@H](NC(=O)[C@H](CO)NC(=O)[C@@H](NC(=O)[C@@H](N)CC(C)C)C(C)C)C(=O)N[C@H](C(=O)N[C@H](C(=O)N[C@@H](C)C(=O)N[C@H](C(=O)N1CCC[C@H]1C(=O)N[C@@H](CC(C)C)C(=O)O)C(C)C)C(C)C)C(C)C. The molecule has 1 saturated heterocycles. The van der Waals surface area contributed by atoms with E-state index >= 15 is 0 Å². The molecule has 0 aromatic carbocycles. The van der Waals surface area contributed by atoms with E-state index in [9.17, 15) is 58.2 Å². The first-order valence-corrected chi connectivity index (χ1v) is 25.2. The summed E-state index contributed by atoms with van der Waals surface area (Å²) in [5, 5.41) is 40.8. The van der Waals surface area contributed by atoms with Crippen LogP contribution >= 0.6 is 0 Å². The molecule has 22 heteroatoms. The van der Waals surface area contributed by atoms with Crippen LogP contribution < -0.4 is 48.3 Å². The number of nitrogens with one attached hydrogen (secondary N) is 8. The quantitative estimate of drug-likeness (QED) is 0.0472. The summed E-state index contributed by atoms with van der Waals surface area (Å²) in [7, 11) is 0. The fourth-order valence-electron chi connectivity index (χ4n) is 7.98. The highest BCUT2D eigenvalue weighted by Crippen LogP contribution is 2.22. The number of nitrogens with zero attached hydrogens (tertiary/aromatic N) is 1. The van der Waals surface area contributed by atoms with E-state index in [1.807, 2.05) is 27.7 Å². The number of carbonyl (C=O) groups excluding carboxylic acids is 9. The molecule has 22 nitrogen and oxygen atoms in total. The molecule has 406 valence electrons. The molecule has 0 saturated carbocycles. The number of amides is 9. The zero-order valence-corrected chi connectivity index (χ0v) is 44.8. The van der Waals surface area contributed by atoms with E-state index in [1.165, 1.54) is 11.8 Å². The van der Waals surface area contributed by atoms with E-state index in [-0.39, 0.29) is 24.8 Å². The van der Waals surface area contributed by atoms with Crippen LogP contribution in [0.1, 0.15) is 136 Å². The van der Waals surface area contributed by atoms with Gasteiger partial charge < -0.3 is 63.4 Å². The predicted octanol–water partition coefficient (Wildman–Crippen LogP) is 0.0422. The van der Waals surface area contributed by atoms with Gasteiger partial charge in [0.25, 0.3) is 0 Å². The molecule has 1 fully saturated rings. The molecular weight excluding hydrogens is 921 g/mol. The Bertz CT molecular complexity index is 1840. The first-order chi connectivity index (χ1) is 32.9. The molecule has 0 aromatic rings. The van der Waals surface area contributed by atoms with E-state index in [0.717, 1.165) is 0 Å². The van der Waals surface area contributed by atoms with Crippen molar-refractivity contribution in [3.05, 3.63) is 0 Å². The molecule has 0 bridgehead atoms. The van der Waals surface area contributed by atoms with Gasteiger partial charge in [-0.25, -0.2) is 4.79 Å². The van der Waals surface area contributed by atoms with Gasteiger partial charge in [0, 0.05) is 6.54 Å². The molecule has 9 amide bonds. The van der Waals surface area contributed by atoms with Gasteiger partial charge in [-0.2, -0.15) is 0 Å². The number of nitrogens with two attached hydrogens (primary N) is 1. The zero-order valence-electron chi connectivity index (χ0n) is 44.8. The van der Waals surface area contributed by atoms with Crippen molar-refractivity contribution in [1.82, 2.24) is 47.4 Å². The van der Waals surface area contributed by atoms with Crippen molar-refractivity contribution < 1.29 is 58.2 Å². The van der Waals surface area contributed by atoms with Crippen LogP contribution in [0.2, 0.25) is 0 Å². The molecule has 0 unspecified atom stereocenters. The summed E-state index contributed by atoms with van der Waals surface area (Å²) in [6.45, 7) is 25.2. The Balaban J connectivity index is 3.16. The minimum Gasteiger partial charge on any atom is -0.480 e. The lowest BCUT2D eigenvalue weighted by Gasteiger charge is -2.32. The lowest BCUT2D eigenvalue weighted by Crippen LogP contribution is -2.63. The van der Waals surface area contributed by atoms with Gasteiger partial charge in [-0.3, -0.25) is 43.2 Å². The average molecular weight is 1010 g/mol. The van der Waals surface area contributed by atoms with Gasteiger partial charge in [0.15, 0.2) is 0 Å². The molecule has 1 aliphatic rings. The van der Waals surface area contributed by atoms with Crippen LogP contribution in [0.4, 0.5) is 0 Å². The first kappa shape index (κ1) is 63.6. The summed E-state index contributed by atoms with van der Waals surface area (Å²) in [5.74, 6) is -9.81. The zero-order chi connectivity index (χ0) is 54.8. The summed E-state index contributed by atoms with van der Waals surface area (Å²) in [6.07, 6.45) is 1.76. The molecule has 1 aliphatic heterocycles. The van der Waals surface area contributed by atoms with Gasteiger partial charge in [0.05, 0.1) is 12.6 Å². The number of aliphatic hydroxyl groups excluding tert-OH is 1. The van der Waals surface area contributed by atoms with Gasteiger partial charge in [-0.05, 0) is 74.0 Å². The van der Waals surface area contributed by atoms with Crippen LogP contribution in [-0.4, -0.2) is 148 Å². The van der Waals surface area contributed by atoms with Crippen LogP contribution in [0.5, 0.6) is 0 Å². The monoisotopic (exact) mass is 1010 g/mol. The summed E-state index contributed by atoms with van der Waals surface area (Å²) < 4.78 is 0. The number of aliphatic hydroxyl groups is 1. The third-order valence-electron chi connectivity index (χ3n) is 12.6. The van der Waals surface area contributed by atoms with Crippen molar-refractivity contribution in [2.75, 3.05) is 13.2 Å². The second-order valence-corrected chi connectivity index (χ2v) is 21.2. The van der Waals surface area contributed by atoms with Gasteiger partial charge in [0.2, 0.25) is 53.2 Å². The van der Waals surface area contributed by atoms with Gasteiger partial charge in [-0.1, -0.05) is 103 Å². The Morgan fingerprint density at radius 2 is 0.944 bits per heavy atom. The van der Waals surface area contributed by atoms with Crippen LogP contribution in [0.15, 0.2) is 0 Å². The van der Waals surface area contributed by atoms with Crippen molar-refractivity contribution in [1.29, 1.82) is 0 Å². The number of hydrogen-bond acceptors (Lipinski definition) is 12. The fraction of sp³-hybridized carbons (Fsp3) is 0.796. The number of aliphatic carboxylic acids is 1. The molecule has 0 aromatic heterocycles. The third-order valence-corrected chi connectivity index (χ3v) is 12.6. The van der Waals surface area contributed by atoms with Gasteiger partial charge in [-0.15, -0.1) is 0 Å². The molecule has 12 N–H and O–H groups in total. The smallest absolute Gasteiger partial charge is 0.326 e. The maximum absolute atomic E-state index is 14.0. The molecule has 71 heavy (non-hydrogen) atoms. The summed E-state index contributed by atoms with van der Waals surface area (Å²) >= 11 is 0. The van der Waals surface area contributed by atoms with Crippen LogP contribution in [0.3, 0.4) is 0 Å². The number of rotatable bonds is 29. The van der Waals surface area contributed by atoms with E-state index < -0.39 is 156 Å². The van der Waals surface area contributed by atoms with Crippen molar-refractivity contribution in [3.8, 4) is 0 Å². The maximum Gasteiger partial charge on any atom is 0.326 e. The summed E-state index contributed by atoms with van der Waals surface area (Å²) in [5.41, 5.74) is 6.02. The predicted molar refractivity (Wildman–Crippen MR) is 266 cm³/mol. The Labute approximate surface area is 420 Å². The molecule has 1 heterocycles. The summed E-state index contributed by atoms with van der Waals surface area (Å²) in [4.78, 5) is 135. The minimum atomic E-state index is -1.52. The highest BCUT2D eigenvalue weighted by atomic mass is 16.4. The second kappa shape index (κ2) is 29.8. The van der Waals surface area contributed by atoms with Crippen LogP contribution in [0, 0.1) is 41.4 Å². The van der Waals surface area contributed by atoms with Crippen LogP contribution in [0.25, 0.3) is 0 Å². The topological polar surface area (TPSA) is 337 Å². The standard InChI is InChI=1S/C49H88N10O12/c1-16-29(14)39(58-42(63)33(22-60)53-45(66)36(26(8)9)54-41(62)31(50)20-23(2)3)47(68)56-37(27(10)11)46(67)55-35(25(6)7)44(65)51-30(15)40(61)57-38(28(12)13)48(69)59-19-17-18-34(59)43(64)52-32(49(70)71)21-24(4)5/h23-39,60H,16-22,50H2,1-15H3,(H,51,65)(H,52,64)(H,53,66)(H,54,62)(H,55,67)(H,56,68)(H,57,61)(H,58,63)(H,70,71)/t29-,30-,31-,32-,33-,34-,35-,36-,37-,38-,39-/m0/s1. The van der Waals surface area contributed by atoms with Gasteiger partial charge >= 0.3 is 5.97 Å². The Morgan fingerprint density at radius 3 is 1.38 bits per heavy atom. The largest absolute Gasteiger partial charge is 0.480 e. The molecule has 0 spiro atoms. The molecule has 11 atom stereocenters. The second-order valence-electron chi connectivity index (χ2n) is 21.2. The first-order valence-electron chi connectivity index (χ1n) is 25.2. The molecular formula is C49H88N10O12. The summed E-state index contributed by atoms with van der Waals surface area (Å²) in [6, 6.07) is -11.6. The van der Waals surface area contributed by atoms with E-state index in [2.05, 4.69) is 42.5 Å². The number of likely N-dealkylation sites (tertiary alicyclic amines) is 1. The van der Waals surface area contributed by atoms with Crippen LogP contribution in [-0.2, 0) is 47.9 Å². The Kier molecular flexibility index (Phi) is 26.7. The third kappa shape index (κ3) is 20.0. The number of hydrogen-bond donors (Lipinski definition) is 11. The molecule has 0 aliphatic carbocycles. The normalized spacial score (nSPS) is 18.1.